The molecule has 156 valence electrons. The van der Waals surface area contributed by atoms with E-state index in [1.165, 1.54) is 0 Å². The van der Waals surface area contributed by atoms with E-state index >= 15 is 0 Å². The molecule has 0 aromatic carbocycles. The number of carbonyl (C=O) groups excluding carboxylic acids is 1. The van der Waals surface area contributed by atoms with Crippen LogP contribution in [-0.4, -0.2) is 50.3 Å². The number of amides is 1. The highest BCUT2D eigenvalue weighted by Gasteiger charge is 2.22. The van der Waals surface area contributed by atoms with Crippen molar-refractivity contribution in [3.63, 3.8) is 0 Å². The Labute approximate surface area is 176 Å². The monoisotopic (exact) mass is 405 g/mol. The molecule has 0 radical (unpaired) electrons. The quantitative estimate of drug-likeness (QED) is 0.678. The van der Waals surface area contributed by atoms with Crippen LogP contribution in [-0.2, 0) is 13.5 Å². The molecule has 1 fully saturated rings. The zero-order chi connectivity index (χ0) is 20.9. The number of carbonyl (C=O) groups is 1. The van der Waals surface area contributed by atoms with Crippen molar-refractivity contribution in [2.45, 2.75) is 26.2 Å². The van der Waals surface area contributed by atoms with Crippen LogP contribution in [0.4, 0.5) is 5.82 Å². The zero-order valence-electron chi connectivity index (χ0n) is 17.5. The second-order valence-electron chi connectivity index (χ2n) is 7.65. The number of aryl methyl sites for hydroxylation is 2. The lowest BCUT2D eigenvalue weighted by molar-refractivity contribution is 0.0945. The highest BCUT2D eigenvalue weighted by Crippen LogP contribution is 2.24. The van der Waals surface area contributed by atoms with Crippen molar-refractivity contribution in [3.05, 3.63) is 54.1 Å². The Morgan fingerprint density at radius 1 is 1.23 bits per heavy atom. The Hall–Kier alpha value is -3.29. The SMILES string of the molecule is CCc1cc(N2CCC(CNC(=O)c3cnn(C)c3)CC2)nc(-c2ccccn2)n1. The Kier molecular flexibility index (Phi) is 6.02. The van der Waals surface area contributed by atoms with Crippen LogP contribution in [0.15, 0.2) is 42.9 Å². The van der Waals surface area contributed by atoms with Crippen LogP contribution >= 0.6 is 0 Å². The van der Waals surface area contributed by atoms with Crippen molar-refractivity contribution >= 4 is 11.7 Å². The molecule has 4 rings (SSSR count). The minimum atomic E-state index is -0.0612. The normalized spacial score (nSPS) is 14.7. The summed E-state index contributed by atoms with van der Waals surface area (Å²) in [6.45, 7) is 4.61. The third-order valence-electron chi connectivity index (χ3n) is 5.48. The predicted molar refractivity (Wildman–Crippen MR) is 115 cm³/mol. The van der Waals surface area contributed by atoms with E-state index < -0.39 is 0 Å². The van der Waals surface area contributed by atoms with E-state index in [0.29, 0.717) is 23.9 Å². The highest BCUT2D eigenvalue weighted by atomic mass is 16.1. The maximum Gasteiger partial charge on any atom is 0.254 e. The molecular weight excluding hydrogens is 378 g/mol. The molecule has 0 atom stereocenters. The van der Waals surface area contributed by atoms with Crippen molar-refractivity contribution in [2.75, 3.05) is 24.5 Å². The van der Waals surface area contributed by atoms with Gasteiger partial charge in [-0.1, -0.05) is 13.0 Å². The van der Waals surface area contributed by atoms with Gasteiger partial charge in [0.25, 0.3) is 5.91 Å². The molecule has 0 aliphatic carbocycles. The first kappa shape index (κ1) is 20.0. The molecule has 0 spiro atoms. The fraction of sp³-hybridized carbons (Fsp3) is 0.409. The summed E-state index contributed by atoms with van der Waals surface area (Å²) in [7, 11) is 1.81. The van der Waals surface area contributed by atoms with Gasteiger partial charge in [-0.3, -0.25) is 14.5 Å². The van der Waals surface area contributed by atoms with Crippen LogP contribution in [0.3, 0.4) is 0 Å². The summed E-state index contributed by atoms with van der Waals surface area (Å²) in [6, 6.07) is 7.87. The second kappa shape index (κ2) is 9.02. The molecule has 1 aliphatic heterocycles. The third kappa shape index (κ3) is 4.64. The highest BCUT2D eigenvalue weighted by molar-refractivity contribution is 5.93. The Bertz CT molecular complexity index is 994. The molecule has 0 saturated carbocycles. The van der Waals surface area contributed by atoms with Gasteiger partial charge in [-0.15, -0.1) is 0 Å². The van der Waals surface area contributed by atoms with Gasteiger partial charge in [0, 0.05) is 50.8 Å². The number of aromatic nitrogens is 5. The molecule has 8 heteroatoms. The van der Waals surface area contributed by atoms with Gasteiger partial charge in [-0.2, -0.15) is 5.10 Å². The molecule has 8 nitrogen and oxygen atoms in total. The maximum atomic E-state index is 12.2. The number of rotatable bonds is 6. The number of hydrogen-bond acceptors (Lipinski definition) is 6. The fourth-order valence-corrected chi connectivity index (χ4v) is 3.68. The summed E-state index contributed by atoms with van der Waals surface area (Å²) in [5.74, 6) is 2.04. The number of nitrogens with zero attached hydrogens (tertiary/aromatic N) is 6. The van der Waals surface area contributed by atoms with Gasteiger partial charge in [0.1, 0.15) is 11.5 Å². The summed E-state index contributed by atoms with van der Waals surface area (Å²) in [5.41, 5.74) is 2.42. The molecule has 3 aromatic rings. The van der Waals surface area contributed by atoms with Crippen molar-refractivity contribution in [1.29, 1.82) is 0 Å². The Morgan fingerprint density at radius 2 is 2.07 bits per heavy atom. The van der Waals surface area contributed by atoms with Crippen LogP contribution in [0.2, 0.25) is 0 Å². The molecule has 3 aromatic heterocycles. The van der Waals surface area contributed by atoms with Gasteiger partial charge in [0.2, 0.25) is 0 Å². The first-order chi connectivity index (χ1) is 14.6. The zero-order valence-corrected chi connectivity index (χ0v) is 17.5. The molecular formula is C22H27N7O. The minimum Gasteiger partial charge on any atom is -0.356 e. The van der Waals surface area contributed by atoms with E-state index in [1.807, 2.05) is 25.2 Å². The fourth-order valence-electron chi connectivity index (χ4n) is 3.68. The largest absolute Gasteiger partial charge is 0.356 e. The van der Waals surface area contributed by atoms with Crippen LogP contribution in [0, 0.1) is 5.92 Å². The molecule has 30 heavy (non-hydrogen) atoms. The molecule has 1 N–H and O–H groups in total. The van der Waals surface area contributed by atoms with E-state index in [1.54, 1.807) is 23.3 Å². The number of anilines is 1. The van der Waals surface area contributed by atoms with E-state index in [0.717, 1.165) is 49.6 Å². The molecule has 0 unspecified atom stereocenters. The summed E-state index contributed by atoms with van der Waals surface area (Å²) in [5, 5.41) is 7.09. The van der Waals surface area contributed by atoms with E-state index in [-0.39, 0.29) is 5.91 Å². The standard InChI is InChI=1S/C22H27N7O/c1-3-18-12-20(27-21(26-18)19-6-4-5-9-23-19)29-10-7-16(8-11-29)13-24-22(30)17-14-25-28(2)15-17/h4-6,9,12,14-16H,3,7-8,10-11,13H2,1-2H3,(H,24,30). The van der Waals surface area contributed by atoms with Gasteiger partial charge in [0.15, 0.2) is 5.82 Å². The average Bonchev–Trinajstić information content (AvgIpc) is 3.24. The Balaban J connectivity index is 1.37. The summed E-state index contributed by atoms with van der Waals surface area (Å²) >= 11 is 0. The summed E-state index contributed by atoms with van der Waals surface area (Å²) < 4.78 is 1.64. The van der Waals surface area contributed by atoms with Gasteiger partial charge >= 0.3 is 0 Å². The van der Waals surface area contributed by atoms with Crippen molar-refractivity contribution in [2.24, 2.45) is 13.0 Å². The summed E-state index contributed by atoms with van der Waals surface area (Å²) in [6.07, 6.45) is 7.97. The Morgan fingerprint density at radius 3 is 2.73 bits per heavy atom. The molecule has 0 bridgehead atoms. The number of nitrogens with one attached hydrogen (secondary N) is 1. The number of pyridine rings is 1. The van der Waals surface area contributed by atoms with E-state index in [9.17, 15) is 4.79 Å². The van der Waals surface area contributed by atoms with Crippen molar-refractivity contribution < 1.29 is 4.79 Å². The minimum absolute atomic E-state index is 0.0612. The molecule has 4 heterocycles. The predicted octanol–water partition coefficient (Wildman–Crippen LogP) is 2.48. The number of piperidine rings is 1. The van der Waals surface area contributed by atoms with Gasteiger partial charge < -0.3 is 10.2 Å². The lowest BCUT2D eigenvalue weighted by atomic mass is 9.96. The van der Waals surface area contributed by atoms with Gasteiger partial charge in [0.05, 0.1) is 11.8 Å². The molecule has 1 amide bonds. The first-order valence-corrected chi connectivity index (χ1v) is 10.4. The van der Waals surface area contributed by atoms with Crippen LogP contribution < -0.4 is 10.2 Å². The average molecular weight is 406 g/mol. The van der Waals surface area contributed by atoms with Crippen LogP contribution in [0.5, 0.6) is 0 Å². The van der Waals surface area contributed by atoms with E-state index in [4.69, 9.17) is 4.98 Å². The van der Waals surface area contributed by atoms with E-state index in [2.05, 4.69) is 38.3 Å². The van der Waals surface area contributed by atoms with Gasteiger partial charge in [-0.05, 0) is 37.3 Å². The van der Waals surface area contributed by atoms with Crippen molar-refractivity contribution in [1.82, 2.24) is 30.0 Å². The van der Waals surface area contributed by atoms with Crippen molar-refractivity contribution in [3.8, 4) is 11.5 Å². The second-order valence-corrected chi connectivity index (χ2v) is 7.65. The van der Waals surface area contributed by atoms with Crippen LogP contribution in [0.25, 0.3) is 11.5 Å². The summed E-state index contributed by atoms with van der Waals surface area (Å²) in [4.78, 5) is 28.4. The number of hydrogen-bond donors (Lipinski definition) is 1. The molecule has 1 aliphatic rings. The first-order valence-electron chi connectivity index (χ1n) is 10.4. The van der Waals surface area contributed by atoms with Crippen LogP contribution in [0.1, 0.15) is 35.8 Å². The maximum absolute atomic E-state index is 12.2. The van der Waals surface area contributed by atoms with Gasteiger partial charge in [-0.25, -0.2) is 9.97 Å². The smallest absolute Gasteiger partial charge is 0.254 e. The topological polar surface area (TPSA) is 88.8 Å². The molecule has 1 saturated heterocycles. The lowest BCUT2D eigenvalue weighted by Gasteiger charge is -2.33. The third-order valence-corrected chi connectivity index (χ3v) is 5.48. The lowest BCUT2D eigenvalue weighted by Crippen LogP contribution is -2.39.